The quantitative estimate of drug-likeness (QED) is 0.510. The fourth-order valence-electron chi connectivity index (χ4n) is 7.66. The molecular weight excluding hydrogens is 416 g/mol. The number of nitrogens with two attached hydrogens (primary N) is 1. The van der Waals surface area contributed by atoms with Gasteiger partial charge >= 0.3 is 0 Å². The number of primary amides is 1. The fourth-order valence-corrected chi connectivity index (χ4v) is 7.66. The Morgan fingerprint density at radius 2 is 1.00 bits per heavy atom. The van der Waals surface area contributed by atoms with Gasteiger partial charge in [-0.15, -0.1) is 0 Å². The Balaban J connectivity index is 2.27. The molecule has 6 nitrogen and oxygen atoms in total. The lowest BCUT2D eigenvalue weighted by molar-refractivity contribution is -0.189. The van der Waals surface area contributed by atoms with Gasteiger partial charge in [0.1, 0.15) is 5.41 Å². The van der Waals surface area contributed by atoms with Crippen LogP contribution in [-0.4, -0.2) is 50.2 Å². The summed E-state index contributed by atoms with van der Waals surface area (Å²) in [6.07, 6.45) is 8.61. The first-order chi connectivity index (χ1) is 15.1. The highest BCUT2D eigenvalue weighted by molar-refractivity contribution is 6.05. The third-order valence-electron chi connectivity index (χ3n) is 8.73. The lowest BCUT2D eigenvalue weighted by atomic mass is 9.67. The van der Waals surface area contributed by atoms with Crippen LogP contribution in [-0.2, 0) is 9.59 Å². The van der Waals surface area contributed by atoms with E-state index in [2.05, 4.69) is 41.5 Å². The molecule has 0 spiro atoms. The SMILES string of the molecule is CC(C)(C)C(N(C(=O)C1(C(N)=O)CCCC1)C(C(C)(C)C)C1(O)CCCC1)C1(O)CCCC1. The molecule has 6 heteroatoms. The zero-order chi connectivity index (χ0) is 24.9. The highest BCUT2D eigenvalue weighted by atomic mass is 16.3. The first-order valence-electron chi connectivity index (χ1n) is 13.2. The van der Waals surface area contributed by atoms with Gasteiger partial charge in [-0.3, -0.25) is 9.59 Å². The molecule has 190 valence electrons. The van der Waals surface area contributed by atoms with Crippen LogP contribution in [0.4, 0.5) is 0 Å². The van der Waals surface area contributed by atoms with Crippen LogP contribution < -0.4 is 5.73 Å². The molecule has 0 aromatic rings. The number of rotatable bonds is 6. The molecule has 0 aliphatic heterocycles. The van der Waals surface area contributed by atoms with E-state index in [1.807, 2.05) is 4.90 Å². The van der Waals surface area contributed by atoms with Crippen LogP contribution in [0.2, 0.25) is 0 Å². The molecule has 0 radical (unpaired) electrons. The molecule has 4 N–H and O–H groups in total. The molecule has 3 rings (SSSR count). The van der Waals surface area contributed by atoms with E-state index in [-0.39, 0.29) is 5.91 Å². The minimum Gasteiger partial charge on any atom is -0.388 e. The molecule has 3 aliphatic rings. The van der Waals surface area contributed by atoms with Crippen LogP contribution >= 0.6 is 0 Å². The van der Waals surface area contributed by atoms with Crippen LogP contribution in [0.1, 0.15) is 119 Å². The van der Waals surface area contributed by atoms with Crippen molar-refractivity contribution in [3.63, 3.8) is 0 Å². The van der Waals surface area contributed by atoms with Crippen molar-refractivity contribution in [3.05, 3.63) is 0 Å². The molecule has 3 fully saturated rings. The molecule has 3 saturated carbocycles. The second kappa shape index (κ2) is 8.82. The van der Waals surface area contributed by atoms with E-state index in [0.717, 1.165) is 38.5 Å². The van der Waals surface area contributed by atoms with Gasteiger partial charge in [0.05, 0.1) is 23.3 Å². The van der Waals surface area contributed by atoms with Crippen molar-refractivity contribution in [1.29, 1.82) is 0 Å². The smallest absolute Gasteiger partial charge is 0.238 e. The van der Waals surface area contributed by atoms with Crippen molar-refractivity contribution in [2.45, 2.75) is 142 Å². The van der Waals surface area contributed by atoms with Crippen LogP contribution in [0.15, 0.2) is 0 Å². The van der Waals surface area contributed by atoms with Gasteiger partial charge in [0.15, 0.2) is 0 Å². The summed E-state index contributed by atoms with van der Waals surface area (Å²) in [5.74, 6) is -0.833. The standard InChI is InChI=1S/C27H48N2O4/c1-23(2,3)19(26(32)15-9-10-16-26)29(22(31)25(21(28)30)13-7-8-14-25)20(24(4,5)6)27(33)17-11-12-18-27/h19-20,32-33H,7-18H2,1-6H3,(H2,28,30). The molecule has 2 unspecified atom stereocenters. The molecule has 0 saturated heterocycles. The molecule has 2 amide bonds. The van der Waals surface area contributed by atoms with E-state index < -0.39 is 45.4 Å². The van der Waals surface area contributed by atoms with Crippen molar-refractivity contribution in [2.24, 2.45) is 22.0 Å². The van der Waals surface area contributed by atoms with Gasteiger partial charge in [-0.2, -0.15) is 0 Å². The maximum atomic E-state index is 14.7. The van der Waals surface area contributed by atoms with Gasteiger partial charge in [-0.1, -0.05) is 80.1 Å². The van der Waals surface area contributed by atoms with Crippen LogP contribution in [0.5, 0.6) is 0 Å². The highest BCUT2D eigenvalue weighted by Gasteiger charge is 2.61. The summed E-state index contributed by atoms with van der Waals surface area (Å²) < 4.78 is 0. The van der Waals surface area contributed by atoms with E-state index in [4.69, 9.17) is 5.73 Å². The number of aliphatic hydroxyl groups is 2. The minimum atomic E-state index is -1.25. The van der Waals surface area contributed by atoms with Crippen LogP contribution in [0.3, 0.4) is 0 Å². The molecule has 0 aromatic carbocycles. The van der Waals surface area contributed by atoms with E-state index >= 15 is 0 Å². The van der Waals surface area contributed by atoms with E-state index in [1.165, 1.54) is 0 Å². The molecule has 0 heterocycles. The van der Waals surface area contributed by atoms with Crippen LogP contribution in [0.25, 0.3) is 0 Å². The summed E-state index contributed by atoms with van der Waals surface area (Å²) in [4.78, 5) is 29.4. The van der Waals surface area contributed by atoms with Gasteiger partial charge in [0.2, 0.25) is 11.8 Å². The van der Waals surface area contributed by atoms with E-state index in [9.17, 15) is 19.8 Å². The van der Waals surface area contributed by atoms with Gasteiger partial charge in [-0.05, 0) is 49.4 Å². The largest absolute Gasteiger partial charge is 0.388 e. The van der Waals surface area contributed by atoms with Crippen LogP contribution in [0, 0.1) is 16.2 Å². The average molecular weight is 465 g/mol. The summed E-state index contributed by atoms with van der Waals surface area (Å²) in [6.45, 7) is 12.4. The second-order valence-electron chi connectivity index (χ2n) is 13.5. The average Bonchev–Trinajstić information content (AvgIpc) is 3.40. The summed E-state index contributed by atoms with van der Waals surface area (Å²) in [7, 11) is 0. The number of amides is 2. The lowest BCUT2D eigenvalue weighted by Gasteiger charge is -2.58. The monoisotopic (exact) mass is 464 g/mol. The maximum Gasteiger partial charge on any atom is 0.238 e. The van der Waals surface area contributed by atoms with Gasteiger partial charge in [-0.25, -0.2) is 0 Å². The number of nitrogens with zero attached hydrogens (tertiary/aromatic N) is 1. The normalized spacial score (nSPS) is 26.2. The highest BCUT2D eigenvalue weighted by Crippen LogP contribution is 2.52. The van der Waals surface area contributed by atoms with Crippen molar-refractivity contribution in [1.82, 2.24) is 4.90 Å². The fraction of sp³-hybridized carbons (Fsp3) is 0.926. The Hall–Kier alpha value is -1.14. The number of carbonyl (C=O) groups is 2. The number of carbonyl (C=O) groups excluding carboxylic acids is 2. The summed E-state index contributed by atoms with van der Waals surface area (Å²) >= 11 is 0. The Labute approximate surface area is 200 Å². The van der Waals surface area contributed by atoms with E-state index in [1.54, 1.807) is 0 Å². The number of hydrogen-bond acceptors (Lipinski definition) is 4. The van der Waals surface area contributed by atoms with Crippen molar-refractivity contribution >= 4 is 11.8 Å². The molecular formula is C27H48N2O4. The molecule has 2 atom stereocenters. The second-order valence-corrected chi connectivity index (χ2v) is 13.5. The Morgan fingerprint density at radius 3 is 1.27 bits per heavy atom. The molecule has 0 bridgehead atoms. The van der Waals surface area contributed by atoms with Gasteiger partial charge < -0.3 is 20.8 Å². The van der Waals surface area contributed by atoms with Crippen molar-refractivity contribution < 1.29 is 19.8 Å². The predicted molar refractivity (Wildman–Crippen MR) is 130 cm³/mol. The Kier molecular flexibility index (Phi) is 7.07. The molecule has 33 heavy (non-hydrogen) atoms. The third-order valence-corrected chi connectivity index (χ3v) is 8.73. The number of hydrogen-bond donors (Lipinski definition) is 3. The van der Waals surface area contributed by atoms with Crippen molar-refractivity contribution in [2.75, 3.05) is 0 Å². The minimum absolute atomic E-state index is 0.270. The summed E-state index contributed by atoms with van der Waals surface area (Å²) in [5, 5.41) is 24.0. The van der Waals surface area contributed by atoms with E-state index in [0.29, 0.717) is 38.5 Å². The zero-order valence-corrected chi connectivity index (χ0v) is 21.9. The maximum absolute atomic E-state index is 14.7. The Morgan fingerprint density at radius 1 is 0.697 bits per heavy atom. The topological polar surface area (TPSA) is 104 Å². The van der Waals surface area contributed by atoms with Crippen molar-refractivity contribution in [3.8, 4) is 0 Å². The molecule has 0 aromatic heterocycles. The first-order valence-corrected chi connectivity index (χ1v) is 13.2. The zero-order valence-electron chi connectivity index (χ0n) is 21.9. The Bertz CT molecular complexity index is 690. The summed E-state index contributed by atoms with van der Waals surface area (Å²) in [5.41, 5.74) is 1.69. The summed E-state index contributed by atoms with van der Waals surface area (Å²) in [6, 6.07) is -1.05. The third kappa shape index (κ3) is 4.71. The predicted octanol–water partition coefficient (Wildman–Crippen LogP) is 4.30. The first kappa shape index (κ1) is 26.5. The lowest BCUT2D eigenvalue weighted by Crippen LogP contribution is -2.71. The van der Waals surface area contributed by atoms with Gasteiger partial charge in [0, 0.05) is 0 Å². The molecule has 3 aliphatic carbocycles. The van der Waals surface area contributed by atoms with Gasteiger partial charge in [0.25, 0.3) is 0 Å².